The van der Waals surface area contributed by atoms with Crippen molar-refractivity contribution in [1.29, 1.82) is 0 Å². The predicted molar refractivity (Wildman–Crippen MR) is 76.9 cm³/mol. The van der Waals surface area contributed by atoms with Crippen LogP contribution >= 0.6 is 0 Å². The van der Waals surface area contributed by atoms with Crippen molar-refractivity contribution in [3.8, 4) is 0 Å². The summed E-state index contributed by atoms with van der Waals surface area (Å²) in [5.41, 5.74) is 0.668. The molecule has 4 nitrogen and oxygen atoms in total. The summed E-state index contributed by atoms with van der Waals surface area (Å²) in [5, 5.41) is 18.4. The minimum absolute atomic E-state index is 0.238. The summed E-state index contributed by atoms with van der Waals surface area (Å²) in [6.45, 7) is 8.02. The summed E-state index contributed by atoms with van der Waals surface area (Å²) in [6, 6.07) is 0.238. The number of aliphatic hydroxyl groups is 1. The van der Waals surface area contributed by atoms with E-state index in [0.717, 1.165) is 25.8 Å². The molecular formula is C15H27N3O. The molecule has 1 aromatic heterocycles. The zero-order valence-corrected chi connectivity index (χ0v) is 12.4. The summed E-state index contributed by atoms with van der Waals surface area (Å²) in [5.74, 6) is 0.638. The van der Waals surface area contributed by atoms with E-state index in [9.17, 15) is 5.11 Å². The van der Waals surface area contributed by atoms with Crippen LogP contribution in [-0.2, 0) is 6.54 Å². The quantitative estimate of drug-likeness (QED) is 0.860. The zero-order valence-electron chi connectivity index (χ0n) is 12.4. The maximum absolute atomic E-state index is 10.6. The van der Waals surface area contributed by atoms with E-state index >= 15 is 0 Å². The average molecular weight is 265 g/mol. The van der Waals surface area contributed by atoms with Gasteiger partial charge < -0.3 is 10.4 Å². The van der Waals surface area contributed by atoms with E-state index in [1.165, 1.54) is 12.0 Å². The molecule has 4 heteroatoms. The molecule has 1 saturated carbocycles. The van der Waals surface area contributed by atoms with Crippen LogP contribution in [0.4, 0.5) is 0 Å². The largest absolute Gasteiger partial charge is 0.389 e. The van der Waals surface area contributed by atoms with Gasteiger partial charge in [0, 0.05) is 30.9 Å². The topological polar surface area (TPSA) is 50.1 Å². The Bertz CT molecular complexity index is 404. The number of hydrogen-bond donors (Lipinski definition) is 2. The second-order valence-corrected chi connectivity index (χ2v) is 6.16. The first-order valence-electron chi connectivity index (χ1n) is 7.50. The van der Waals surface area contributed by atoms with E-state index in [4.69, 9.17) is 0 Å². The standard InChI is InChI=1S/C15H27N3O/c1-4-18-10-14(9-17-18)13(3)16-11-15(19)7-5-6-12(2)8-15/h9-10,12-13,16,19H,4-8,11H2,1-3H3. The number of nitrogens with one attached hydrogen (secondary N) is 1. The first kappa shape index (κ1) is 14.5. The van der Waals surface area contributed by atoms with E-state index in [-0.39, 0.29) is 6.04 Å². The molecular weight excluding hydrogens is 238 g/mol. The lowest BCUT2D eigenvalue weighted by molar-refractivity contribution is -0.0134. The molecule has 19 heavy (non-hydrogen) atoms. The van der Waals surface area contributed by atoms with Gasteiger partial charge in [-0.05, 0) is 32.6 Å². The lowest BCUT2D eigenvalue weighted by atomic mass is 9.79. The number of nitrogens with zero attached hydrogens (tertiary/aromatic N) is 2. The van der Waals surface area contributed by atoms with Crippen LogP contribution in [0.2, 0.25) is 0 Å². The molecule has 108 valence electrons. The maximum atomic E-state index is 10.6. The fraction of sp³-hybridized carbons (Fsp3) is 0.800. The molecule has 2 N–H and O–H groups in total. The zero-order chi connectivity index (χ0) is 13.9. The third-order valence-electron chi connectivity index (χ3n) is 4.28. The Kier molecular flexibility index (Phi) is 4.63. The number of hydrogen-bond acceptors (Lipinski definition) is 3. The Morgan fingerprint density at radius 2 is 2.42 bits per heavy atom. The van der Waals surface area contributed by atoms with Gasteiger partial charge in [-0.25, -0.2) is 0 Å². The monoisotopic (exact) mass is 265 g/mol. The summed E-state index contributed by atoms with van der Waals surface area (Å²) in [4.78, 5) is 0. The highest BCUT2D eigenvalue weighted by Gasteiger charge is 2.32. The molecule has 1 aliphatic rings. The van der Waals surface area contributed by atoms with Gasteiger partial charge in [-0.2, -0.15) is 5.10 Å². The van der Waals surface area contributed by atoms with Crippen molar-refractivity contribution in [2.75, 3.05) is 6.54 Å². The van der Waals surface area contributed by atoms with E-state index in [2.05, 4.69) is 37.4 Å². The molecule has 2 rings (SSSR count). The van der Waals surface area contributed by atoms with Crippen LogP contribution in [0.25, 0.3) is 0 Å². The van der Waals surface area contributed by atoms with Crippen LogP contribution in [0.15, 0.2) is 12.4 Å². The smallest absolute Gasteiger partial charge is 0.0774 e. The van der Waals surface area contributed by atoms with Crippen molar-refractivity contribution in [1.82, 2.24) is 15.1 Å². The Morgan fingerprint density at radius 1 is 1.63 bits per heavy atom. The summed E-state index contributed by atoms with van der Waals surface area (Å²) in [6.07, 6.45) is 8.22. The van der Waals surface area contributed by atoms with Gasteiger partial charge in [0.15, 0.2) is 0 Å². The molecule has 0 saturated heterocycles. The highest BCUT2D eigenvalue weighted by Crippen LogP contribution is 2.32. The van der Waals surface area contributed by atoms with Gasteiger partial charge in [-0.3, -0.25) is 4.68 Å². The van der Waals surface area contributed by atoms with Gasteiger partial charge in [0.1, 0.15) is 0 Å². The van der Waals surface area contributed by atoms with Crippen LogP contribution in [0.5, 0.6) is 0 Å². The fourth-order valence-electron chi connectivity index (χ4n) is 3.03. The molecule has 1 aromatic rings. The predicted octanol–water partition coefficient (Wildman–Crippen LogP) is 2.49. The van der Waals surface area contributed by atoms with E-state index in [1.807, 2.05) is 10.9 Å². The van der Waals surface area contributed by atoms with Gasteiger partial charge >= 0.3 is 0 Å². The summed E-state index contributed by atoms with van der Waals surface area (Å²) >= 11 is 0. The third kappa shape index (κ3) is 3.80. The third-order valence-corrected chi connectivity index (χ3v) is 4.28. The van der Waals surface area contributed by atoms with Gasteiger partial charge in [0.05, 0.1) is 11.8 Å². The van der Waals surface area contributed by atoms with Crippen molar-refractivity contribution >= 4 is 0 Å². The molecule has 0 bridgehead atoms. The molecule has 1 heterocycles. The highest BCUT2D eigenvalue weighted by atomic mass is 16.3. The van der Waals surface area contributed by atoms with Gasteiger partial charge in [0.2, 0.25) is 0 Å². The fourth-order valence-corrected chi connectivity index (χ4v) is 3.03. The normalized spacial score (nSPS) is 29.4. The first-order chi connectivity index (χ1) is 9.02. The van der Waals surface area contributed by atoms with Crippen LogP contribution in [0.1, 0.15) is 58.1 Å². The van der Waals surface area contributed by atoms with E-state index in [0.29, 0.717) is 12.5 Å². The van der Waals surface area contributed by atoms with Gasteiger partial charge in [-0.1, -0.05) is 19.8 Å². The molecule has 3 unspecified atom stereocenters. The molecule has 0 aromatic carbocycles. The minimum atomic E-state index is -0.521. The lowest BCUT2D eigenvalue weighted by Crippen LogP contribution is -2.44. The number of aromatic nitrogens is 2. The van der Waals surface area contributed by atoms with Crippen molar-refractivity contribution in [2.24, 2.45) is 5.92 Å². The van der Waals surface area contributed by atoms with Crippen LogP contribution in [-0.4, -0.2) is 27.0 Å². The van der Waals surface area contributed by atoms with Crippen LogP contribution in [0.3, 0.4) is 0 Å². The van der Waals surface area contributed by atoms with Crippen molar-refractivity contribution in [2.45, 2.75) is 64.6 Å². The Balaban J connectivity index is 1.87. The average Bonchev–Trinajstić information content (AvgIpc) is 2.84. The molecule has 0 radical (unpaired) electrons. The molecule has 1 fully saturated rings. The molecule has 0 amide bonds. The van der Waals surface area contributed by atoms with Crippen LogP contribution < -0.4 is 5.32 Å². The maximum Gasteiger partial charge on any atom is 0.0774 e. The van der Waals surface area contributed by atoms with Crippen LogP contribution in [0, 0.1) is 5.92 Å². The van der Waals surface area contributed by atoms with Crippen molar-refractivity contribution < 1.29 is 5.11 Å². The van der Waals surface area contributed by atoms with E-state index in [1.54, 1.807) is 0 Å². The molecule has 3 atom stereocenters. The lowest BCUT2D eigenvalue weighted by Gasteiger charge is -2.36. The summed E-state index contributed by atoms with van der Waals surface area (Å²) in [7, 11) is 0. The molecule has 0 spiro atoms. The minimum Gasteiger partial charge on any atom is -0.389 e. The summed E-state index contributed by atoms with van der Waals surface area (Å²) < 4.78 is 1.94. The SMILES string of the molecule is CCn1cc(C(C)NCC2(O)CCCC(C)C2)cn1. The number of rotatable bonds is 5. The molecule has 1 aliphatic carbocycles. The molecule has 0 aliphatic heterocycles. The van der Waals surface area contributed by atoms with Crippen molar-refractivity contribution in [3.63, 3.8) is 0 Å². The Labute approximate surface area is 116 Å². The number of aryl methyl sites for hydroxylation is 1. The van der Waals surface area contributed by atoms with Crippen molar-refractivity contribution in [3.05, 3.63) is 18.0 Å². The van der Waals surface area contributed by atoms with E-state index < -0.39 is 5.60 Å². The first-order valence-corrected chi connectivity index (χ1v) is 7.50. The highest BCUT2D eigenvalue weighted by molar-refractivity contribution is 5.09. The second kappa shape index (κ2) is 6.06. The van der Waals surface area contributed by atoms with Gasteiger partial charge in [0.25, 0.3) is 0 Å². The van der Waals surface area contributed by atoms with Gasteiger partial charge in [-0.15, -0.1) is 0 Å². The Hall–Kier alpha value is -0.870. The second-order valence-electron chi connectivity index (χ2n) is 6.16. The Morgan fingerprint density at radius 3 is 3.05 bits per heavy atom.